The van der Waals surface area contributed by atoms with Crippen molar-refractivity contribution >= 4 is 20.5 Å². The SMILES string of the molecule is CCCCCCCC[P+](CCCCCCCC)(CCCCCCCC)CCCCCCCC.CCCCCCCC[P+](CCCCCCCC)(CCCCCCCC)CCCCCCCC.O=C([O-])c1ccccc1O.[Br-]. The van der Waals surface area contributed by atoms with E-state index in [0.717, 1.165) is 0 Å². The van der Waals surface area contributed by atoms with Crippen molar-refractivity contribution in [3.63, 3.8) is 0 Å². The molecule has 1 N–H and O–H groups in total. The van der Waals surface area contributed by atoms with Gasteiger partial charge in [-0.1, -0.05) is 273 Å². The molecule has 0 fully saturated rings. The van der Waals surface area contributed by atoms with Crippen LogP contribution in [0.3, 0.4) is 0 Å². The Morgan fingerprint density at radius 2 is 0.455 bits per heavy atom. The van der Waals surface area contributed by atoms with Crippen LogP contribution in [-0.2, 0) is 0 Å². The van der Waals surface area contributed by atoms with Crippen molar-refractivity contribution in [3.8, 4) is 5.75 Å². The standard InChI is InChI=1S/2C32H68P.C7H6O3.BrH/c2*1-5-9-13-17-21-25-29-33(30-26-22-18-14-10-6-2,31-27-23-19-15-11-7-3)32-28-24-20-16-12-8-4;8-6-4-2-1-3-5(6)7(9)10;/h2*5-32H2,1-4H3;1-4,8H,(H,9,10);1H/q2*+1;;/p-2. The highest BCUT2D eigenvalue weighted by Gasteiger charge is 2.36. The Bertz CT molecular complexity index is 1070. The number of hydrogen-bond acceptors (Lipinski definition) is 3. The Kier molecular flexibility index (Phi) is 68.4. The summed E-state index contributed by atoms with van der Waals surface area (Å²) in [5.74, 6) is -1.62. The molecule has 0 radical (unpaired) electrons. The fourth-order valence-corrected chi connectivity index (χ4v) is 21.6. The molecular weight excluding hydrogens is 1040 g/mol. The highest BCUT2D eigenvalue weighted by Crippen LogP contribution is 2.62. The topological polar surface area (TPSA) is 60.4 Å². The van der Waals surface area contributed by atoms with Crippen molar-refractivity contribution in [1.29, 1.82) is 0 Å². The third-order valence-electron chi connectivity index (χ3n) is 17.0. The first-order valence-corrected chi connectivity index (χ1v) is 40.0. The van der Waals surface area contributed by atoms with Crippen molar-refractivity contribution in [2.75, 3.05) is 49.3 Å². The van der Waals surface area contributed by atoms with Crippen LogP contribution >= 0.6 is 14.5 Å². The molecule has 0 atom stereocenters. The summed E-state index contributed by atoms with van der Waals surface area (Å²) >= 11 is 0. The lowest BCUT2D eigenvalue weighted by Crippen LogP contribution is -3.00. The van der Waals surface area contributed by atoms with Crippen LogP contribution in [0.2, 0.25) is 0 Å². The summed E-state index contributed by atoms with van der Waals surface area (Å²) in [7, 11) is -1.44. The van der Waals surface area contributed by atoms with Crippen LogP contribution in [0.15, 0.2) is 24.3 Å². The van der Waals surface area contributed by atoms with Crippen molar-refractivity contribution in [2.24, 2.45) is 0 Å². The van der Waals surface area contributed by atoms with Crippen LogP contribution in [0.4, 0.5) is 0 Å². The van der Waals surface area contributed by atoms with Crippen molar-refractivity contribution < 1.29 is 32.0 Å². The fourth-order valence-electron chi connectivity index (χ4n) is 11.8. The number of phenols is 1. The van der Waals surface area contributed by atoms with Crippen molar-refractivity contribution in [2.45, 2.75) is 364 Å². The van der Waals surface area contributed by atoms with Crippen LogP contribution in [0.5, 0.6) is 5.75 Å². The largest absolute Gasteiger partial charge is 1.00 e. The van der Waals surface area contributed by atoms with E-state index in [2.05, 4.69) is 55.4 Å². The number of carbonyl (C=O) groups is 1. The number of unbranched alkanes of at least 4 members (excludes halogenated alkanes) is 40. The summed E-state index contributed by atoms with van der Waals surface area (Å²) in [5.41, 5.74) is -0.178. The molecule has 0 amide bonds. The number of carbonyl (C=O) groups excluding carboxylic acids is 1. The lowest BCUT2D eigenvalue weighted by atomic mass is 10.1. The number of aromatic hydroxyl groups is 1. The molecule has 0 spiro atoms. The summed E-state index contributed by atoms with van der Waals surface area (Å²) in [6.45, 7) is 18.8. The van der Waals surface area contributed by atoms with E-state index in [-0.39, 0.29) is 28.3 Å². The summed E-state index contributed by atoms with van der Waals surface area (Å²) < 4.78 is 0. The Morgan fingerprint density at radius 1 is 0.299 bits per heavy atom. The van der Waals surface area contributed by atoms with E-state index in [1.54, 1.807) is 107 Å². The molecule has 0 aliphatic carbocycles. The van der Waals surface area contributed by atoms with Gasteiger partial charge in [-0.2, -0.15) is 0 Å². The van der Waals surface area contributed by atoms with E-state index in [1.807, 2.05) is 0 Å². The van der Waals surface area contributed by atoms with Gasteiger partial charge in [0, 0.05) is 20.1 Å². The van der Waals surface area contributed by atoms with E-state index in [4.69, 9.17) is 5.11 Å². The second-order valence-corrected chi connectivity index (χ2v) is 33.4. The van der Waals surface area contributed by atoms with E-state index < -0.39 is 20.5 Å². The summed E-state index contributed by atoms with van der Waals surface area (Å²) in [4.78, 5) is 10.2. The van der Waals surface area contributed by atoms with Gasteiger partial charge in [0.05, 0.1) is 55.3 Å². The van der Waals surface area contributed by atoms with Crippen LogP contribution in [-0.4, -0.2) is 60.4 Å². The predicted molar refractivity (Wildman–Crippen MR) is 352 cm³/mol. The molecule has 77 heavy (non-hydrogen) atoms. The number of para-hydroxylation sites is 1. The van der Waals surface area contributed by atoms with Gasteiger partial charge >= 0.3 is 0 Å². The minimum Gasteiger partial charge on any atom is -1.00 e. The van der Waals surface area contributed by atoms with E-state index in [9.17, 15) is 9.90 Å². The van der Waals surface area contributed by atoms with Gasteiger partial charge in [0.25, 0.3) is 0 Å². The molecular formula is C71H141BrO3P2. The summed E-state index contributed by atoms with van der Waals surface area (Å²) in [6, 6.07) is 5.64. The summed E-state index contributed by atoms with van der Waals surface area (Å²) in [5, 5.41) is 19.0. The minimum atomic E-state index is -1.36. The first kappa shape index (κ1) is 81.0. The van der Waals surface area contributed by atoms with Gasteiger partial charge in [-0.05, 0) is 115 Å². The lowest BCUT2D eigenvalue weighted by Gasteiger charge is -2.28. The van der Waals surface area contributed by atoms with Gasteiger partial charge < -0.3 is 32.0 Å². The van der Waals surface area contributed by atoms with E-state index in [1.165, 1.54) is 275 Å². The third-order valence-corrected chi connectivity index (χ3v) is 27.1. The van der Waals surface area contributed by atoms with Gasteiger partial charge in [0.1, 0.15) is 5.75 Å². The highest BCUT2D eigenvalue weighted by atomic mass is 79.9. The van der Waals surface area contributed by atoms with E-state index in [0.29, 0.717) is 0 Å². The fraction of sp³-hybridized carbons (Fsp3) is 0.901. The van der Waals surface area contributed by atoms with Crippen LogP contribution in [0.25, 0.3) is 0 Å². The molecule has 0 saturated heterocycles. The molecule has 0 unspecified atom stereocenters. The van der Waals surface area contributed by atoms with Gasteiger partial charge in [-0.3, -0.25) is 0 Å². The molecule has 0 heterocycles. The molecule has 0 aliphatic rings. The van der Waals surface area contributed by atoms with Gasteiger partial charge in [-0.25, -0.2) is 0 Å². The molecule has 1 aromatic carbocycles. The number of hydrogen-bond donors (Lipinski definition) is 1. The first-order valence-electron chi connectivity index (χ1n) is 34.9. The molecule has 0 saturated carbocycles. The number of carboxylic acid groups (broad SMARTS) is 1. The van der Waals surface area contributed by atoms with Crippen molar-refractivity contribution in [1.82, 2.24) is 0 Å². The zero-order chi connectivity index (χ0) is 56.2. The number of halogens is 1. The number of carboxylic acids is 1. The Morgan fingerprint density at radius 3 is 0.597 bits per heavy atom. The highest BCUT2D eigenvalue weighted by molar-refractivity contribution is 7.76. The van der Waals surface area contributed by atoms with Gasteiger partial charge in [-0.15, -0.1) is 0 Å². The normalized spacial score (nSPS) is 11.5. The number of benzene rings is 1. The van der Waals surface area contributed by atoms with Gasteiger partial charge in [0.15, 0.2) is 0 Å². The minimum absolute atomic E-state index is 0. The maximum atomic E-state index is 10.2. The zero-order valence-electron chi connectivity index (χ0n) is 53.9. The molecule has 0 aromatic heterocycles. The number of rotatable bonds is 57. The van der Waals surface area contributed by atoms with Crippen LogP contribution < -0.4 is 22.1 Å². The van der Waals surface area contributed by atoms with Gasteiger partial charge in [0.2, 0.25) is 0 Å². The average molecular weight is 1180 g/mol. The smallest absolute Gasteiger partial charge is 0.124 e. The van der Waals surface area contributed by atoms with Crippen molar-refractivity contribution in [3.05, 3.63) is 29.8 Å². The maximum Gasteiger partial charge on any atom is 0.124 e. The Hall–Kier alpha value is -0.170. The zero-order valence-corrected chi connectivity index (χ0v) is 57.3. The summed E-state index contributed by atoms with van der Waals surface area (Å²) in [6.07, 6.45) is 84.3. The number of aromatic carboxylic acids is 1. The second kappa shape index (κ2) is 65.0. The maximum absolute atomic E-state index is 10.2. The molecule has 460 valence electrons. The first-order chi connectivity index (χ1) is 37.2. The molecule has 1 rings (SSSR count). The molecule has 0 bridgehead atoms. The third kappa shape index (κ3) is 54.8. The Balaban J connectivity index is -0.00000119. The van der Waals surface area contributed by atoms with Crippen LogP contribution in [0, 0.1) is 0 Å². The van der Waals surface area contributed by atoms with Crippen LogP contribution in [0.1, 0.15) is 374 Å². The second-order valence-electron chi connectivity index (χ2n) is 24.4. The van der Waals surface area contributed by atoms with E-state index >= 15 is 0 Å². The lowest BCUT2D eigenvalue weighted by molar-refractivity contribution is -0.255. The predicted octanol–water partition coefficient (Wildman–Crippen LogP) is 21.7. The Labute approximate surface area is 498 Å². The molecule has 6 heteroatoms. The molecule has 0 aliphatic heterocycles. The molecule has 1 aromatic rings. The quantitative estimate of drug-likeness (QED) is 0.0522. The molecule has 3 nitrogen and oxygen atoms in total. The average Bonchev–Trinajstić information content (AvgIpc) is 3.42. The monoisotopic (exact) mass is 1180 g/mol.